The first-order chi connectivity index (χ1) is 8.16. The van der Waals surface area contributed by atoms with E-state index in [1.165, 1.54) is 4.88 Å². The Kier molecular flexibility index (Phi) is 3.76. The molecule has 17 heavy (non-hydrogen) atoms. The van der Waals surface area contributed by atoms with Crippen LogP contribution in [0.4, 0.5) is 5.69 Å². The molecule has 0 radical (unpaired) electrons. The Bertz CT molecular complexity index is 451. The van der Waals surface area contributed by atoms with Gasteiger partial charge in [-0.3, -0.25) is 4.98 Å². The molecule has 2 heterocycles. The highest BCUT2D eigenvalue weighted by Gasteiger charge is 2.05. The van der Waals surface area contributed by atoms with Crippen molar-refractivity contribution >= 4 is 17.0 Å². The summed E-state index contributed by atoms with van der Waals surface area (Å²) in [5.41, 5.74) is 1.76. The molecule has 0 amide bonds. The third-order valence-electron chi connectivity index (χ3n) is 2.61. The number of nitrogens with zero attached hydrogens (tertiary/aromatic N) is 2. The van der Waals surface area contributed by atoms with Crippen LogP contribution in [0, 0.1) is 0 Å². The van der Waals surface area contributed by atoms with Gasteiger partial charge in [0.05, 0.1) is 30.2 Å². The third-order valence-corrected chi connectivity index (χ3v) is 3.47. The summed E-state index contributed by atoms with van der Waals surface area (Å²) < 4.78 is 0. The van der Waals surface area contributed by atoms with Crippen molar-refractivity contribution in [1.29, 1.82) is 0 Å². The quantitative estimate of drug-likeness (QED) is 0.904. The zero-order valence-electron chi connectivity index (χ0n) is 10.00. The Morgan fingerprint density at radius 2 is 2.24 bits per heavy atom. The van der Waals surface area contributed by atoms with Gasteiger partial charge in [0.2, 0.25) is 0 Å². The number of pyridine rings is 1. The van der Waals surface area contributed by atoms with Crippen LogP contribution in [0.15, 0.2) is 35.8 Å². The molecule has 4 heteroatoms. The molecule has 0 aliphatic rings. The van der Waals surface area contributed by atoms with Crippen molar-refractivity contribution in [2.75, 3.05) is 11.9 Å². The Hall–Kier alpha value is -1.39. The summed E-state index contributed by atoms with van der Waals surface area (Å²) in [4.78, 5) is 7.71. The van der Waals surface area contributed by atoms with Gasteiger partial charge in [0.1, 0.15) is 0 Å². The van der Waals surface area contributed by atoms with Crippen LogP contribution in [-0.4, -0.2) is 17.1 Å². The van der Waals surface area contributed by atoms with Crippen LogP contribution in [-0.2, 0) is 6.54 Å². The van der Waals surface area contributed by atoms with Gasteiger partial charge < -0.3 is 10.0 Å². The number of aromatic nitrogens is 1. The SMILES string of the molecule is C[C@@H](O)c1ccc(N(C)Cc2cccs2)cn1. The smallest absolute Gasteiger partial charge is 0.0931 e. The van der Waals surface area contributed by atoms with E-state index in [9.17, 15) is 5.11 Å². The van der Waals surface area contributed by atoms with E-state index in [0.717, 1.165) is 12.2 Å². The minimum Gasteiger partial charge on any atom is -0.387 e. The lowest BCUT2D eigenvalue weighted by molar-refractivity contribution is 0.194. The molecule has 3 nitrogen and oxygen atoms in total. The lowest BCUT2D eigenvalue weighted by atomic mass is 10.2. The van der Waals surface area contributed by atoms with E-state index < -0.39 is 6.10 Å². The maximum atomic E-state index is 9.39. The van der Waals surface area contributed by atoms with E-state index in [4.69, 9.17) is 0 Å². The van der Waals surface area contributed by atoms with Gasteiger partial charge in [-0.15, -0.1) is 11.3 Å². The summed E-state index contributed by atoms with van der Waals surface area (Å²) in [6.45, 7) is 2.60. The van der Waals surface area contributed by atoms with Crippen molar-refractivity contribution in [3.63, 3.8) is 0 Å². The van der Waals surface area contributed by atoms with Gasteiger partial charge in [-0.05, 0) is 30.5 Å². The second-order valence-electron chi connectivity index (χ2n) is 4.05. The molecule has 0 aliphatic carbocycles. The fraction of sp³-hybridized carbons (Fsp3) is 0.308. The van der Waals surface area contributed by atoms with Crippen LogP contribution in [0.2, 0.25) is 0 Å². The van der Waals surface area contributed by atoms with Gasteiger partial charge in [-0.1, -0.05) is 6.07 Å². The fourth-order valence-corrected chi connectivity index (χ4v) is 2.36. The third kappa shape index (κ3) is 3.05. The minimum atomic E-state index is -0.508. The predicted octanol–water partition coefficient (Wildman–Crippen LogP) is 2.83. The molecule has 90 valence electrons. The standard InChI is InChI=1S/C13H16N2OS/c1-10(16)13-6-5-11(8-14-13)15(2)9-12-4-3-7-17-12/h3-8,10,16H,9H2,1-2H3/t10-/m1/s1. The number of hydrogen-bond donors (Lipinski definition) is 1. The van der Waals surface area contributed by atoms with E-state index in [1.54, 1.807) is 24.5 Å². The Balaban J connectivity index is 2.06. The molecule has 2 rings (SSSR count). The first kappa shape index (κ1) is 12.1. The van der Waals surface area contributed by atoms with E-state index in [-0.39, 0.29) is 0 Å². The molecule has 0 saturated heterocycles. The van der Waals surface area contributed by atoms with Crippen LogP contribution < -0.4 is 4.90 Å². The molecular weight excluding hydrogens is 232 g/mol. The van der Waals surface area contributed by atoms with Crippen molar-refractivity contribution in [3.05, 3.63) is 46.4 Å². The fourth-order valence-electron chi connectivity index (χ4n) is 1.60. The number of rotatable bonds is 4. The number of aliphatic hydroxyl groups excluding tert-OH is 1. The second kappa shape index (κ2) is 5.29. The normalized spacial score (nSPS) is 12.4. The van der Waals surface area contributed by atoms with Crippen molar-refractivity contribution in [1.82, 2.24) is 4.98 Å². The summed E-state index contributed by atoms with van der Waals surface area (Å²) in [6.07, 6.45) is 1.29. The van der Waals surface area contributed by atoms with E-state index >= 15 is 0 Å². The van der Waals surface area contributed by atoms with Gasteiger partial charge in [0.15, 0.2) is 0 Å². The average molecular weight is 248 g/mol. The van der Waals surface area contributed by atoms with Gasteiger partial charge in [-0.2, -0.15) is 0 Å². The van der Waals surface area contributed by atoms with E-state index in [2.05, 4.69) is 27.4 Å². The van der Waals surface area contributed by atoms with Crippen LogP contribution in [0.3, 0.4) is 0 Å². The average Bonchev–Trinajstić information content (AvgIpc) is 2.82. The lowest BCUT2D eigenvalue weighted by Crippen LogP contribution is -2.15. The highest BCUT2D eigenvalue weighted by molar-refractivity contribution is 7.09. The minimum absolute atomic E-state index is 0.508. The lowest BCUT2D eigenvalue weighted by Gasteiger charge is -2.18. The zero-order valence-corrected chi connectivity index (χ0v) is 10.8. The van der Waals surface area contributed by atoms with Crippen LogP contribution in [0.1, 0.15) is 23.6 Å². The molecule has 2 aromatic rings. The Labute approximate surface area is 105 Å². The second-order valence-corrected chi connectivity index (χ2v) is 5.08. The number of thiophene rings is 1. The molecular formula is C13H16N2OS. The van der Waals surface area contributed by atoms with Crippen molar-refractivity contribution < 1.29 is 5.11 Å². The van der Waals surface area contributed by atoms with E-state index in [1.807, 2.05) is 19.2 Å². The molecule has 1 N–H and O–H groups in total. The van der Waals surface area contributed by atoms with Crippen molar-refractivity contribution in [2.45, 2.75) is 19.6 Å². The number of hydrogen-bond acceptors (Lipinski definition) is 4. The highest BCUT2D eigenvalue weighted by Crippen LogP contribution is 2.18. The Morgan fingerprint density at radius 3 is 2.76 bits per heavy atom. The summed E-state index contributed by atoms with van der Waals surface area (Å²) in [6, 6.07) is 8.04. The molecule has 0 spiro atoms. The monoisotopic (exact) mass is 248 g/mol. The highest BCUT2D eigenvalue weighted by atomic mass is 32.1. The largest absolute Gasteiger partial charge is 0.387 e. The Morgan fingerprint density at radius 1 is 1.41 bits per heavy atom. The van der Waals surface area contributed by atoms with Crippen LogP contribution in [0.5, 0.6) is 0 Å². The molecule has 0 fully saturated rings. The van der Waals surface area contributed by atoms with E-state index in [0.29, 0.717) is 5.69 Å². The van der Waals surface area contributed by atoms with Crippen molar-refractivity contribution in [3.8, 4) is 0 Å². The predicted molar refractivity (Wildman–Crippen MR) is 71.3 cm³/mol. The first-order valence-electron chi connectivity index (χ1n) is 5.54. The molecule has 0 aromatic carbocycles. The summed E-state index contributed by atoms with van der Waals surface area (Å²) in [5.74, 6) is 0. The molecule has 0 aliphatic heterocycles. The van der Waals surface area contributed by atoms with Gasteiger partial charge in [0.25, 0.3) is 0 Å². The maximum Gasteiger partial charge on any atom is 0.0931 e. The zero-order chi connectivity index (χ0) is 12.3. The van der Waals surface area contributed by atoms with Gasteiger partial charge in [-0.25, -0.2) is 0 Å². The van der Waals surface area contributed by atoms with Gasteiger partial charge >= 0.3 is 0 Å². The summed E-state index contributed by atoms with van der Waals surface area (Å²) >= 11 is 1.75. The van der Waals surface area contributed by atoms with Crippen LogP contribution >= 0.6 is 11.3 Å². The topological polar surface area (TPSA) is 36.4 Å². The number of anilines is 1. The molecule has 0 unspecified atom stereocenters. The summed E-state index contributed by atoms with van der Waals surface area (Å²) in [7, 11) is 2.04. The van der Waals surface area contributed by atoms with Gasteiger partial charge in [0, 0.05) is 11.9 Å². The van der Waals surface area contributed by atoms with Crippen LogP contribution in [0.25, 0.3) is 0 Å². The number of aliphatic hydroxyl groups is 1. The first-order valence-corrected chi connectivity index (χ1v) is 6.42. The van der Waals surface area contributed by atoms with Crippen molar-refractivity contribution in [2.24, 2.45) is 0 Å². The molecule has 2 aromatic heterocycles. The molecule has 1 atom stereocenters. The maximum absolute atomic E-state index is 9.39. The molecule has 0 bridgehead atoms. The molecule has 0 saturated carbocycles. The summed E-state index contributed by atoms with van der Waals surface area (Å²) in [5, 5.41) is 11.5.